The predicted molar refractivity (Wildman–Crippen MR) is 92.6 cm³/mol. The summed E-state index contributed by atoms with van der Waals surface area (Å²) < 4.78 is 25.8. The molecule has 1 aromatic heterocycles. The standard InChI is InChI=1S/C16H33N2O5Si.ClH/c1-5-6-8-17-9-10-18(15-17)13-16(19)14-23-11-7-12-24(20-2,21-3)22-4;/h9-10,15-16,19H,5-8,11-14H2,1-4H3;1H/q+1;/p-1. The smallest absolute Gasteiger partial charge is 0.500 e. The molecule has 0 saturated carbocycles. The van der Waals surface area contributed by atoms with Crippen molar-refractivity contribution in [3.8, 4) is 0 Å². The van der Waals surface area contributed by atoms with Crippen molar-refractivity contribution in [2.75, 3.05) is 34.5 Å². The summed E-state index contributed by atoms with van der Waals surface area (Å²) in [6, 6.07) is 0.696. The molecule has 0 bridgehead atoms. The summed E-state index contributed by atoms with van der Waals surface area (Å²) in [5.41, 5.74) is 0. The van der Waals surface area contributed by atoms with Crippen molar-refractivity contribution in [1.29, 1.82) is 0 Å². The zero-order chi connectivity index (χ0) is 17.8. The minimum Gasteiger partial charge on any atom is -1.00 e. The average Bonchev–Trinajstić information content (AvgIpc) is 3.04. The van der Waals surface area contributed by atoms with Crippen molar-refractivity contribution >= 4 is 8.80 Å². The highest BCUT2D eigenvalue weighted by atomic mass is 35.5. The van der Waals surface area contributed by atoms with E-state index in [-0.39, 0.29) is 12.4 Å². The van der Waals surface area contributed by atoms with E-state index in [9.17, 15) is 5.11 Å². The lowest BCUT2D eigenvalue weighted by Gasteiger charge is -2.24. The number of rotatable bonds is 14. The van der Waals surface area contributed by atoms with Crippen LogP contribution in [-0.2, 0) is 31.1 Å². The average molecular weight is 397 g/mol. The number of hydrogen-bond acceptors (Lipinski definition) is 5. The minimum atomic E-state index is -2.51. The molecule has 9 heteroatoms. The Morgan fingerprint density at radius 2 is 1.84 bits per heavy atom. The van der Waals surface area contributed by atoms with Crippen LogP contribution in [0.5, 0.6) is 0 Å². The second-order valence-corrected chi connectivity index (χ2v) is 8.92. The molecule has 25 heavy (non-hydrogen) atoms. The summed E-state index contributed by atoms with van der Waals surface area (Å²) in [4.78, 5) is 0. The highest BCUT2D eigenvalue weighted by molar-refractivity contribution is 6.60. The Kier molecular flexibility index (Phi) is 13.4. The molecule has 1 unspecified atom stereocenters. The summed E-state index contributed by atoms with van der Waals surface area (Å²) >= 11 is 0. The van der Waals surface area contributed by atoms with Crippen LogP contribution in [0.4, 0.5) is 0 Å². The number of nitrogens with zero attached hydrogens (tertiary/aromatic N) is 2. The highest BCUT2D eigenvalue weighted by Gasteiger charge is 2.36. The van der Waals surface area contributed by atoms with Crippen LogP contribution in [0.1, 0.15) is 26.2 Å². The third-order valence-corrected chi connectivity index (χ3v) is 6.78. The van der Waals surface area contributed by atoms with Crippen molar-refractivity contribution in [3.05, 3.63) is 18.7 Å². The number of imidazole rings is 1. The lowest BCUT2D eigenvalue weighted by atomic mass is 10.3. The van der Waals surface area contributed by atoms with Gasteiger partial charge in [0.25, 0.3) is 0 Å². The van der Waals surface area contributed by atoms with E-state index in [2.05, 4.69) is 11.5 Å². The zero-order valence-corrected chi connectivity index (χ0v) is 17.6. The third kappa shape index (κ3) is 9.14. The van der Waals surface area contributed by atoms with Crippen LogP contribution in [0.3, 0.4) is 0 Å². The van der Waals surface area contributed by atoms with Gasteiger partial charge in [0.2, 0.25) is 6.33 Å². The van der Waals surface area contributed by atoms with Gasteiger partial charge in [0.1, 0.15) is 25.0 Å². The van der Waals surface area contributed by atoms with E-state index in [0.717, 1.165) is 19.4 Å². The molecule has 1 aromatic rings. The van der Waals surface area contributed by atoms with E-state index in [1.807, 2.05) is 23.3 Å². The number of ether oxygens (including phenoxy) is 1. The Hall–Kier alpha value is -0.483. The van der Waals surface area contributed by atoms with E-state index < -0.39 is 14.9 Å². The number of aryl methyl sites for hydroxylation is 1. The SMILES string of the molecule is CCCCn1cc[n+](CC(O)COCCC[Si](OC)(OC)OC)c1.[Cl-]. The van der Waals surface area contributed by atoms with Crippen molar-refractivity contribution in [2.24, 2.45) is 0 Å². The van der Waals surface area contributed by atoms with Gasteiger partial charge in [0, 0.05) is 34.0 Å². The first-order valence-electron chi connectivity index (χ1n) is 8.55. The maximum Gasteiger partial charge on any atom is 0.500 e. The molecular formula is C16H33ClN2O5Si. The van der Waals surface area contributed by atoms with Gasteiger partial charge in [0.15, 0.2) is 0 Å². The van der Waals surface area contributed by atoms with Gasteiger partial charge in [-0.25, -0.2) is 9.13 Å². The molecule has 1 atom stereocenters. The number of unbranched alkanes of at least 4 members (excludes halogenated alkanes) is 1. The van der Waals surface area contributed by atoms with Gasteiger partial charge in [-0.1, -0.05) is 13.3 Å². The molecule has 1 rings (SSSR count). The number of aliphatic hydroxyl groups excluding tert-OH is 1. The summed E-state index contributed by atoms with van der Waals surface area (Å²) in [6.45, 7) is 4.59. The third-order valence-electron chi connectivity index (χ3n) is 3.95. The minimum absolute atomic E-state index is 0. The van der Waals surface area contributed by atoms with Gasteiger partial charge in [-0.05, 0) is 12.8 Å². The van der Waals surface area contributed by atoms with Crippen molar-refractivity contribution < 1.29 is 40.1 Å². The second-order valence-electron chi connectivity index (χ2n) is 5.83. The summed E-state index contributed by atoms with van der Waals surface area (Å²) in [5, 5.41) is 10.1. The monoisotopic (exact) mass is 396 g/mol. The van der Waals surface area contributed by atoms with Crippen LogP contribution in [0.2, 0.25) is 6.04 Å². The Morgan fingerprint density at radius 3 is 2.44 bits per heavy atom. The molecule has 7 nitrogen and oxygen atoms in total. The molecule has 0 radical (unpaired) electrons. The van der Waals surface area contributed by atoms with Gasteiger partial charge in [-0.3, -0.25) is 0 Å². The number of hydrogen-bond donors (Lipinski definition) is 1. The van der Waals surface area contributed by atoms with E-state index in [1.165, 1.54) is 6.42 Å². The van der Waals surface area contributed by atoms with Gasteiger partial charge in [-0.2, -0.15) is 0 Å². The lowest BCUT2D eigenvalue weighted by Crippen LogP contribution is -3.00. The van der Waals surface area contributed by atoms with Gasteiger partial charge in [0.05, 0.1) is 13.2 Å². The van der Waals surface area contributed by atoms with E-state index in [4.69, 9.17) is 18.0 Å². The maximum atomic E-state index is 10.1. The first-order chi connectivity index (χ1) is 11.6. The Morgan fingerprint density at radius 1 is 1.16 bits per heavy atom. The molecule has 1 heterocycles. The molecule has 0 amide bonds. The summed E-state index contributed by atoms with van der Waals surface area (Å²) in [5.74, 6) is 0. The number of halogens is 1. The Balaban J connectivity index is 0.00000576. The normalized spacial score (nSPS) is 12.8. The van der Waals surface area contributed by atoms with E-state index in [1.54, 1.807) is 21.3 Å². The highest BCUT2D eigenvalue weighted by Crippen LogP contribution is 2.14. The fraction of sp³-hybridized carbons (Fsp3) is 0.812. The van der Waals surface area contributed by atoms with Gasteiger partial charge in [-0.15, -0.1) is 0 Å². The first kappa shape index (κ1) is 24.5. The van der Waals surface area contributed by atoms with Crippen LogP contribution in [-0.4, -0.2) is 59.1 Å². The lowest BCUT2D eigenvalue weighted by molar-refractivity contribution is -0.703. The molecule has 0 aliphatic carbocycles. The molecule has 0 aromatic carbocycles. The maximum absolute atomic E-state index is 10.1. The molecule has 0 aliphatic rings. The summed E-state index contributed by atoms with van der Waals surface area (Å²) in [6.07, 6.45) is 8.63. The zero-order valence-electron chi connectivity index (χ0n) is 15.8. The topological polar surface area (TPSA) is 66.0 Å². The Labute approximate surface area is 158 Å². The molecule has 0 spiro atoms. The fourth-order valence-corrected chi connectivity index (χ4v) is 4.17. The van der Waals surface area contributed by atoms with Gasteiger partial charge < -0.3 is 35.5 Å². The quantitative estimate of drug-likeness (QED) is 0.229. The molecular weight excluding hydrogens is 364 g/mol. The molecule has 0 fully saturated rings. The van der Waals surface area contributed by atoms with Crippen LogP contribution in [0.25, 0.3) is 0 Å². The molecule has 148 valence electrons. The summed E-state index contributed by atoms with van der Waals surface area (Å²) in [7, 11) is 2.30. The van der Waals surface area contributed by atoms with Crippen LogP contribution in [0.15, 0.2) is 18.7 Å². The van der Waals surface area contributed by atoms with Crippen LogP contribution in [0, 0.1) is 0 Å². The molecule has 1 N–H and O–H groups in total. The van der Waals surface area contributed by atoms with Crippen molar-refractivity contribution in [1.82, 2.24) is 4.57 Å². The number of aliphatic hydroxyl groups is 1. The van der Waals surface area contributed by atoms with E-state index >= 15 is 0 Å². The molecule has 0 aliphatic heterocycles. The molecule has 0 saturated heterocycles. The number of aromatic nitrogens is 2. The first-order valence-corrected chi connectivity index (χ1v) is 10.5. The van der Waals surface area contributed by atoms with Crippen molar-refractivity contribution in [3.63, 3.8) is 0 Å². The predicted octanol–water partition coefficient (Wildman–Crippen LogP) is -1.77. The van der Waals surface area contributed by atoms with Crippen molar-refractivity contribution in [2.45, 2.75) is 51.4 Å². The fourth-order valence-electron chi connectivity index (χ4n) is 2.48. The van der Waals surface area contributed by atoms with Crippen LogP contribution >= 0.6 is 0 Å². The van der Waals surface area contributed by atoms with E-state index in [0.29, 0.717) is 25.8 Å². The largest absolute Gasteiger partial charge is 1.00 e. The van der Waals surface area contributed by atoms with Gasteiger partial charge >= 0.3 is 8.80 Å². The second kappa shape index (κ2) is 13.7. The Bertz CT molecular complexity index is 438. The van der Waals surface area contributed by atoms with Crippen LogP contribution < -0.4 is 17.0 Å².